The average Bonchev–Trinajstić information content (AvgIpc) is 2.79. The Morgan fingerprint density at radius 1 is 1.17 bits per heavy atom. The largest absolute Gasteiger partial charge is 0.497 e. The van der Waals surface area contributed by atoms with Crippen LogP contribution in [0.1, 0.15) is 5.69 Å². The highest BCUT2D eigenvalue weighted by Crippen LogP contribution is 2.29. The fourth-order valence-electron chi connectivity index (χ4n) is 1.84. The Hall–Kier alpha value is -2.01. The van der Waals surface area contributed by atoms with Gasteiger partial charge in [0.15, 0.2) is 0 Å². The summed E-state index contributed by atoms with van der Waals surface area (Å²) in [4.78, 5) is 4.38. The summed E-state index contributed by atoms with van der Waals surface area (Å²) >= 11 is 0. The molecule has 0 amide bonds. The van der Waals surface area contributed by atoms with Crippen LogP contribution in [0.4, 0.5) is 0 Å². The molecule has 96 valence electrons. The van der Waals surface area contributed by atoms with E-state index >= 15 is 0 Å². The number of nitrogens with zero attached hydrogens (tertiary/aromatic N) is 2. The van der Waals surface area contributed by atoms with Gasteiger partial charge >= 0.3 is 0 Å². The first-order chi connectivity index (χ1) is 8.69. The summed E-state index contributed by atoms with van der Waals surface area (Å²) in [5.74, 6) is 2.32. The van der Waals surface area contributed by atoms with Gasteiger partial charge in [-0.25, -0.2) is 4.98 Å². The minimum absolute atomic E-state index is 0.463. The molecular weight excluding hydrogens is 230 g/mol. The van der Waals surface area contributed by atoms with Crippen molar-refractivity contribution in [2.75, 3.05) is 14.2 Å². The second-order valence-corrected chi connectivity index (χ2v) is 3.94. The minimum atomic E-state index is 0.463. The van der Waals surface area contributed by atoms with Crippen molar-refractivity contribution >= 4 is 0 Å². The van der Waals surface area contributed by atoms with Gasteiger partial charge in [0.05, 0.1) is 26.1 Å². The molecule has 0 bridgehead atoms. The zero-order valence-corrected chi connectivity index (χ0v) is 10.8. The third-order valence-electron chi connectivity index (χ3n) is 2.90. The topological polar surface area (TPSA) is 62.3 Å². The zero-order chi connectivity index (χ0) is 13.1. The van der Waals surface area contributed by atoms with Crippen LogP contribution in [0.2, 0.25) is 0 Å². The van der Waals surface area contributed by atoms with Crippen molar-refractivity contribution in [1.29, 1.82) is 0 Å². The number of nitrogens with two attached hydrogens (primary N) is 1. The van der Waals surface area contributed by atoms with E-state index in [9.17, 15) is 0 Å². The zero-order valence-electron chi connectivity index (χ0n) is 10.8. The Morgan fingerprint density at radius 3 is 2.22 bits per heavy atom. The maximum Gasteiger partial charge on any atom is 0.140 e. The van der Waals surface area contributed by atoms with Gasteiger partial charge in [0, 0.05) is 25.2 Å². The predicted octanol–water partition coefficient (Wildman–Crippen LogP) is 1.56. The standard InChI is InChI=1S/C13H17N3O2/c1-16-10(7-14)8-15-13(16)9-4-11(17-2)6-12(5-9)18-3/h4-6,8H,7,14H2,1-3H3. The molecule has 2 N–H and O–H groups in total. The Balaban J connectivity index is 2.52. The monoisotopic (exact) mass is 247 g/mol. The van der Waals surface area contributed by atoms with Gasteiger partial charge in [-0.2, -0.15) is 0 Å². The summed E-state index contributed by atoms with van der Waals surface area (Å²) in [7, 11) is 5.20. The molecule has 0 unspecified atom stereocenters. The van der Waals surface area contributed by atoms with Gasteiger partial charge in [0.25, 0.3) is 0 Å². The van der Waals surface area contributed by atoms with Crippen LogP contribution in [-0.2, 0) is 13.6 Å². The van der Waals surface area contributed by atoms with E-state index in [2.05, 4.69) is 4.98 Å². The molecule has 5 heteroatoms. The van der Waals surface area contributed by atoms with E-state index in [0.29, 0.717) is 6.54 Å². The molecule has 0 fully saturated rings. The van der Waals surface area contributed by atoms with Crippen LogP contribution >= 0.6 is 0 Å². The number of rotatable bonds is 4. The molecule has 0 saturated heterocycles. The van der Waals surface area contributed by atoms with E-state index in [-0.39, 0.29) is 0 Å². The van der Waals surface area contributed by atoms with Crippen LogP contribution in [-0.4, -0.2) is 23.8 Å². The summed E-state index contributed by atoms with van der Waals surface area (Å²) in [5.41, 5.74) is 7.56. The third-order valence-corrected chi connectivity index (χ3v) is 2.90. The number of benzene rings is 1. The summed E-state index contributed by atoms with van der Waals surface area (Å²) < 4.78 is 12.5. The SMILES string of the molecule is COc1cc(OC)cc(-c2ncc(CN)n2C)c1. The van der Waals surface area contributed by atoms with Crippen molar-refractivity contribution in [3.63, 3.8) is 0 Å². The Labute approximate surface area is 106 Å². The van der Waals surface area contributed by atoms with E-state index in [4.69, 9.17) is 15.2 Å². The van der Waals surface area contributed by atoms with E-state index in [1.165, 1.54) is 0 Å². The first-order valence-electron chi connectivity index (χ1n) is 5.63. The molecule has 18 heavy (non-hydrogen) atoms. The van der Waals surface area contributed by atoms with Crippen molar-refractivity contribution in [2.24, 2.45) is 12.8 Å². The molecule has 0 aliphatic heterocycles. The Bertz CT molecular complexity index is 527. The van der Waals surface area contributed by atoms with Crippen molar-refractivity contribution < 1.29 is 9.47 Å². The lowest BCUT2D eigenvalue weighted by Gasteiger charge is -2.09. The number of hydrogen-bond acceptors (Lipinski definition) is 4. The van der Waals surface area contributed by atoms with Gasteiger partial charge in [-0.3, -0.25) is 0 Å². The van der Waals surface area contributed by atoms with Crippen LogP contribution in [0.5, 0.6) is 11.5 Å². The Morgan fingerprint density at radius 2 is 1.78 bits per heavy atom. The molecular formula is C13H17N3O2. The molecule has 5 nitrogen and oxygen atoms in total. The van der Waals surface area contributed by atoms with E-state index < -0.39 is 0 Å². The maximum absolute atomic E-state index is 5.64. The predicted molar refractivity (Wildman–Crippen MR) is 69.6 cm³/mol. The molecule has 0 aliphatic rings. The van der Waals surface area contributed by atoms with Crippen LogP contribution in [0, 0.1) is 0 Å². The summed E-state index contributed by atoms with van der Waals surface area (Å²) in [6.07, 6.45) is 1.78. The maximum atomic E-state index is 5.64. The highest BCUT2D eigenvalue weighted by molar-refractivity contribution is 5.61. The highest BCUT2D eigenvalue weighted by Gasteiger charge is 2.10. The molecule has 0 spiro atoms. The van der Waals surface area contributed by atoms with Gasteiger partial charge in [-0.15, -0.1) is 0 Å². The van der Waals surface area contributed by atoms with Crippen molar-refractivity contribution in [3.05, 3.63) is 30.1 Å². The first kappa shape index (κ1) is 12.4. The van der Waals surface area contributed by atoms with Crippen molar-refractivity contribution in [2.45, 2.75) is 6.54 Å². The molecule has 0 atom stereocenters. The molecule has 0 saturated carbocycles. The van der Waals surface area contributed by atoms with E-state index in [1.54, 1.807) is 20.4 Å². The van der Waals surface area contributed by atoms with Gasteiger partial charge in [0.2, 0.25) is 0 Å². The molecule has 1 aromatic carbocycles. The second-order valence-electron chi connectivity index (χ2n) is 3.94. The molecule has 1 aromatic heterocycles. The van der Waals surface area contributed by atoms with Gasteiger partial charge in [-0.1, -0.05) is 0 Å². The highest BCUT2D eigenvalue weighted by atomic mass is 16.5. The fraction of sp³-hybridized carbons (Fsp3) is 0.308. The second kappa shape index (κ2) is 5.10. The smallest absolute Gasteiger partial charge is 0.140 e. The van der Waals surface area contributed by atoms with Crippen molar-refractivity contribution in [1.82, 2.24) is 9.55 Å². The quantitative estimate of drug-likeness (QED) is 0.890. The van der Waals surface area contributed by atoms with Crippen molar-refractivity contribution in [3.8, 4) is 22.9 Å². The number of hydrogen-bond donors (Lipinski definition) is 1. The number of ether oxygens (including phenoxy) is 2. The van der Waals surface area contributed by atoms with E-state index in [0.717, 1.165) is 28.6 Å². The minimum Gasteiger partial charge on any atom is -0.497 e. The third kappa shape index (κ3) is 2.17. The van der Waals surface area contributed by atoms with Crippen LogP contribution in [0.15, 0.2) is 24.4 Å². The Kier molecular flexibility index (Phi) is 3.53. The van der Waals surface area contributed by atoms with Gasteiger partial charge in [-0.05, 0) is 12.1 Å². The van der Waals surface area contributed by atoms with Crippen LogP contribution < -0.4 is 15.2 Å². The molecule has 0 aliphatic carbocycles. The number of methoxy groups -OCH3 is 2. The molecule has 2 aromatic rings. The number of aromatic nitrogens is 2. The number of imidazole rings is 1. The van der Waals surface area contributed by atoms with Crippen LogP contribution in [0.3, 0.4) is 0 Å². The van der Waals surface area contributed by atoms with Gasteiger partial charge < -0.3 is 19.8 Å². The van der Waals surface area contributed by atoms with Gasteiger partial charge in [0.1, 0.15) is 17.3 Å². The normalized spacial score (nSPS) is 10.4. The summed E-state index contributed by atoms with van der Waals surface area (Å²) in [6, 6.07) is 5.67. The van der Waals surface area contributed by atoms with Crippen LogP contribution in [0.25, 0.3) is 11.4 Å². The lowest BCUT2D eigenvalue weighted by molar-refractivity contribution is 0.394. The summed E-state index contributed by atoms with van der Waals surface area (Å²) in [5, 5.41) is 0. The summed E-state index contributed by atoms with van der Waals surface area (Å²) in [6.45, 7) is 0.463. The molecule has 1 heterocycles. The first-order valence-corrected chi connectivity index (χ1v) is 5.63. The van der Waals surface area contributed by atoms with E-state index in [1.807, 2.05) is 29.8 Å². The average molecular weight is 247 g/mol. The lowest BCUT2D eigenvalue weighted by Crippen LogP contribution is -2.04. The molecule has 0 radical (unpaired) electrons. The fourth-order valence-corrected chi connectivity index (χ4v) is 1.84. The lowest BCUT2D eigenvalue weighted by atomic mass is 10.2. The molecule has 2 rings (SSSR count).